The maximum Gasteiger partial charge on any atom is 0.350 e. The number of nitriles is 3. The zero-order valence-electron chi connectivity index (χ0n) is 21.9. The van der Waals surface area contributed by atoms with Gasteiger partial charge in [0.1, 0.15) is 45.9 Å². The molecule has 0 fully saturated rings. The first-order valence-corrected chi connectivity index (χ1v) is 14.0. The highest BCUT2D eigenvalue weighted by Crippen LogP contribution is 2.57. The Morgan fingerprint density at radius 1 is 0.800 bits per heavy atom. The highest BCUT2D eigenvalue weighted by atomic mass is 32.1. The number of nitrogens with zero attached hydrogens (tertiary/aromatic N) is 6. The van der Waals surface area contributed by atoms with E-state index >= 15 is 0 Å². The summed E-state index contributed by atoms with van der Waals surface area (Å²) in [6, 6.07) is 9.05. The highest BCUT2D eigenvalue weighted by Gasteiger charge is 2.44. The van der Waals surface area contributed by atoms with Crippen LogP contribution in [0.3, 0.4) is 0 Å². The summed E-state index contributed by atoms with van der Waals surface area (Å²) in [5.74, 6) is 1.34. The van der Waals surface area contributed by atoms with Crippen LogP contribution in [0, 0.1) is 52.4 Å². The largest absolute Gasteiger partial charge is 0.482 e. The fraction of sp³-hybridized carbons (Fsp3) is 0.267. The summed E-state index contributed by atoms with van der Waals surface area (Å²) in [5, 5.41) is 28.6. The summed E-state index contributed by atoms with van der Waals surface area (Å²) in [4.78, 5) is 13.5. The summed E-state index contributed by atoms with van der Waals surface area (Å²) in [5.41, 5.74) is 2.93. The number of thiophene rings is 2. The van der Waals surface area contributed by atoms with Crippen molar-refractivity contribution in [3.63, 3.8) is 0 Å². The summed E-state index contributed by atoms with van der Waals surface area (Å²) >= 11 is 2.82. The van der Waals surface area contributed by atoms with E-state index in [4.69, 9.17) is 31.8 Å². The lowest BCUT2D eigenvalue weighted by Crippen LogP contribution is -2.39. The Kier molecular flexibility index (Phi) is 5.68. The van der Waals surface area contributed by atoms with Crippen LogP contribution in [-0.4, -0.2) is 22.7 Å². The van der Waals surface area contributed by atoms with Gasteiger partial charge in [-0.25, -0.2) is 10.3 Å². The molecule has 2 unspecified atom stereocenters. The average Bonchev–Trinajstić information content (AvgIpc) is 3.51. The molecule has 40 heavy (non-hydrogen) atoms. The van der Waals surface area contributed by atoms with Crippen LogP contribution in [0.1, 0.15) is 37.4 Å². The first-order valence-electron chi connectivity index (χ1n) is 12.4. The van der Waals surface area contributed by atoms with Crippen molar-refractivity contribution < 1.29 is 9.47 Å². The second-order valence-electron chi connectivity index (χ2n) is 10.6. The van der Waals surface area contributed by atoms with Gasteiger partial charge < -0.3 is 14.3 Å². The van der Waals surface area contributed by atoms with E-state index in [9.17, 15) is 0 Å². The Bertz CT molecular complexity index is 1700. The molecule has 0 N–H and O–H groups in total. The van der Waals surface area contributed by atoms with Crippen molar-refractivity contribution in [1.82, 2.24) is 0 Å². The van der Waals surface area contributed by atoms with Crippen LogP contribution in [0.25, 0.3) is 16.0 Å². The molecule has 10 heteroatoms. The number of rotatable bonds is 2. The predicted molar refractivity (Wildman–Crippen MR) is 155 cm³/mol. The third-order valence-electron chi connectivity index (χ3n) is 7.20. The topological polar surface area (TPSA) is 119 Å². The third kappa shape index (κ3) is 3.98. The second kappa shape index (κ2) is 8.90. The fourth-order valence-electron chi connectivity index (χ4n) is 5.50. The molecule has 0 bridgehead atoms. The van der Waals surface area contributed by atoms with E-state index in [2.05, 4.69) is 39.1 Å². The van der Waals surface area contributed by atoms with Gasteiger partial charge in [-0.05, 0) is 50.0 Å². The highest BCUT2D eigenvalue weighted by molar-refractivity contribution is 7.17. The Labute approximate surface area is 239 Å². The molecule has 0 spiro atoms. The Hall–Kier alpha value is -4.74. The lowest BCUT2D eigenvalue weighted by Gasteiger charge is -2.42. The molecule has 2 atom stereocenters. The molecule has 6 rings (SSSR count). The Balaban J connectivity index is 1.45. The van der Waals surface area contributed by atoms with Crippen LogP contribution < -0.4 is 9.47 Å². The molecule has 2 aliphatic carbocycles. The summed E-state index contributed by atoms with van der Waals surface area (Å²) in [7, 11) is 0. The van der Waals surface area contributed by atoms with Gasteiger partial charge in [0.15, 0.2) is 0 Å². The van der Waals surface area contributed by atoms with E-state index in [1.807, 2.05) is 45.9 Å². The standard InChI is InChI=1S/C30H20N6O2S2/c1-29(2)20-8-16-7-19-21(30(3,4)38-23-11-26(40-28(19)23)36-24(14-33)34-5)9-15(16)6-18(20)27-22(37-29)10-25(39-27)35-17(12-31)13-32/h6-11,15-16H,1-4H3. The summed E-state index contributed by atoms with van der Waals surface area (Å²) < 4.78 is 12.8. The van der Waals surface area contributed by atoms with Gasteiger partial charge in [0, 0.05) is 24.0 Å². The molecule has 4 heterocycles. The molecule has 8 nitrogen and oxygen atoms in total. The lowest BCUT2D eigenvalue weighted by molar-refractivity contribution is 0.145. The number of amidine groups is 1. The van der Waals surface area contributed by atoms with Gasteiger partial charge in [0.25, 0.3) is 0 Å². The maximum atomic E-state index is 9.16. The number of allylic oxidation sites excluding steroid dienone is 4. The monoisotopic (exact) mass is 560 g/mol. The summed E-state index contributed by atoms with van der Waals surface area (Å²) in [6.07, 6.45) is 9.08. The van der Waals surface area contributed by atoms with E-state index in [-0.39, 0.29) is 23.4 Å². The van der Waals surface area contributed by atoms with E-state index in [1.54, 1.807) is 12.1 Å². The van der Waals surface area contributed by atoms with Crippen molar-refractivity contribution in [1.29, 1.82) is 15.8 Å². The SMILES string of the molecule is [C-]#[N+]C(C#N)=Nc1cc2c(s1)C1=CC3C=C4C(=CC3C=C1C(C)(C)O2)c1sc(N=C(C#N)C#N)cc1OC4(C)C. The van der Waals surface area contributed by atoms with E-state index < -0.39 is 11.2 Å². The lowest BCUT2D eigenvalue weighted by atomic mass is 9.70. The van der Waals surface area contributed by atoms with Gasteiger partial charge in [-0.3, -0.25) is 0 Å². The normalized spacial score (nSPS) is 22.4. The van der Waals surface area contributed by atoms with Crippen LogP contribution in [-0.2, 0) is 0 Å². The van der Waals surface area contributed by atoms with Crippen molar-refractivity contribution in [2.75, 3.05) is 0 Å². The third-order valence-corrected chi connectivity index (χ3v) is 9.29. The Morgan fingerprint density at radius 3 is 1.70 bits per heavy atom. The van der Waals surface area contributed by atoms with Crippen LogP contribution in [0.15, 0.2) is 57.6 Å². The van der Waals surface area contributed by atoms with E-state index in [1.165, 1.54) is 22.7 Å². The van der Waals surface area contributed by atoms with Gasteiger partial charge >= 0.3 is 5.84 Å². The van der Waals surface area contributed by atoms with Crippen LogP contribution in [0.4, 0.5) is 10.0 Å². The maximum absolute atomic E-state index is 9.16. The van der Waals surface area contributed by atoms with E-state index in [0.717, 1.165) is 32.0 Å². The molecule has 0 saturated heterocycles. The van der Waals surface area contributed by atoms with Gasteiger partial charge in [-0.15, -0.1) is 11.3 Å². The molecule has 194 valence electrons. The van der Waals surface area contributed by atoms with Crippen molar-refractivity contribution in [2.45, 2.75) is 38.9 Å². The van der Waals surface area contributed by atoms with Crippen molar-refractivity contribution in [3.8, 4) is 29.7 Å². The van der Waals surface area contributed by atoms with Gasteiger partial charge in [-0.2, -0.15) is 10.5 Å². The molecular formula is C30H20N6O2S2. The fourth-order valence-corrected chi connectivity index (χ4v) is 7.50. The number of hydrogen-bond acceptors (Lipinski definition) is 9. The van der Waals surface area contributed by atoms with Gasteiger partial charge in [-0.1, -0.05) is 47.2 Å². The van der Waals surface area contributed by atoms with Gasteiger partial charge in [0.05, 0.1) is 9.75 Å². The predicted octanol–water partition coefficient (Wildman–Crippen LogP) is 7.32. The second-order valence-corrected chi connectivity index (χ2v) is 12.7. The minimum absolute atomic E-state index is 0.0799. The average molecular weight is 561 g/mol. The molecule has 0 aromatic carbocycles. The number of aliphatic imine (C=N–C) groups is 2. The molecule has 0 saturated carbocycles. The zero-order chi connectivity index (χ0) is 28.4. The van der Waals surface area contributed by atoms with Crippen LogP contribution in [0.2, 0.25) is 0 Å². The molecule has 4 aliphatic rings. The molecule has 0 amide bonds. The van der Waals surface area contributed by atoms with Crippen molar-refractivity contribution in [3.05, 3.63) is 68.8 Å². The zero-order valence-corrected chi connectivity index (χ0v) is 23.6. The first kappa shape index (κ1) is 25.5. The molecule has 0 radical (unpaired) electrons. The molecule has 2 aromatic heterocycles. The molecular weight excluding hydrogens is 541 g/mol. The summed E-state index contributed by atoms with van der Waals surface area (Å²) in [6.45, 7) is 15.3. The molecule has 2 aliphatic heterocycles. The minimum Gasteiger partial charge on any atom is -0.482 e. The smallest absolute Gasteiger partial charge is 0.350 e. The number of fused-ring (bicyclic) bond motifs is 7. The number of hydrogen-bond donors (Lipinski definition) is 0. The minimum atomic E-state index is -0.597. The van der Waals surface area contributed by atoms with Crippen molar-refractivity contribution in [2.24, 2.45) is 21.8 Å². The van der Waals surface area contributed by atoms with E-state index in [0.29, 0.717) is 21.5 Å². The number of ether oxygens (including phenoxy) is 2. The molecule has 2 aromatic rings. The van der Waals surface area contributed by atoms with Crippen LogP contribution >= 0.6 is 22.7 Å². The van der Waals surface area contributed by atoms with Gasteiger partial charge in [0.2, 0.25) is 10.7 Å². The van der Waals surface area contributed by atoms with Crippen LogP contribution in [0.5, 0.6) is 11.5 Å². The first-order chi connectivity index (χ1) is 19.1. The Morgan fingerprint density at radius 2 is 1.27 bits per heavy atom. The quantitative estimate of drug-likeness (QED) is 0.216. The van der Waals surface area contributed by atoms with Crippen molar-refractivity contribution >= 4 is 55.4 Å².